The Kier molecular flexibility index (Phi) is 4.04. The third kappa shape index (κ3) is 2.46. The second-order valence-corrected chi connectivity index (χ2v) is 4.60. The van der Waals surface area contributed by atoms with Gasteiger partial charge in [0.15, 0.2) is 0 Å². The lowest BCUT2D eigenvalue weighted by Crippen LogP contribution is -2.29. The van der Waals surface area contributed by atoms with Gasteiger partial charge in [0.2, 0.25) is 0 Å². The zero-order valence-corrected chi connectivity index (χ0v) is 9.69. The van der Waals surface area contributed by atoms with Crippen molar-refractivity contribution in [2.45, 2.75) is 45.1 Å². The van der Waals surface area contributed by atoms with Gasteiger partial charge in [-0.25, -0.2) is 0 Å². The molecule has 1 heterocycles. The first-order valence-corrected chi connectivity index (χ1v) is 6.04. The molecule has 1 fully saturated rings. The van der Waals surface area contributed by atoms with E-state index >= 15 is 0 Å². The van der Waals surface area contributed by atoms with Crippen LogP contribution in [0.5, 0.6) is 0 Å². The smallest absolute Gasteiger partial charge is 0.0782 e. The highest BCUT2D eigenvalue weighted by Gasteiger charge is 2.36. The number of hydrogen-bond acceptors (Lipinski definition) is 1. The molecule has 1 aliphatic rings. The number of alkyl halides is 1. The van der Waals surface area contributed by atoms with Crippen LogP contribution in [0.15, 0.2) is 0 Å². The van der Waals surface area contributed by atoms with Gasteiger partial charge in [0.1, 0.15) is 0 Å². The van der Waals surface area contributed by atoms with Crippen LogP contribution in [0.3, 0.4) is 0 Å². The summed E-state index contributed by atoms with van der Waals surface area (Å²) in [6.07, 6.45) is 5.02. The molecule has 0 radical (unpaired) electrons. The van der Waals surface area contributed by atoms with Gasteiger partial charge in [-0.2, -0.15) is 0 Å². The van der Waals surface area contributed by atoms with Gasteiger partial charge in [-0.05, 0) is 18.8 Å². The van der Waals surface area contributed by atoms with Gasteiger partial charge in [-0.3, -0.25) is 0 Å². The molecule has 1 aliphatic heterocycles. The Bertz CT molecular complexity index is 138. The highest BCUT2D eigenvalue weighted by atomic mass is 79.9. The lowest BCUT2D eigenvalue weighted by molar-refractivity contribution is 0.0158. The van der Waals surface area contributed by atoms with Crippen molar-refractivity contribution in [2.75, 3.05) is 11.9 Å². The van der Waals surface area contributed by atoms with Crippen LogP contribution in [0, 0.1) is 5.92 Å². The first-order chi connectivity index (χ1) is 5.72. The quantitative estimate of drug-likeness (QED) is 0.679. The Balaban J connectivity index is 2.41. The van der Waals surface area contributed by atoms with E-state index < -0.39 is 0 Å². The third-order valence-electron chi connectivity index (χ3n) is 2.62. The third-order valence-corrected chi connectivity index (χ3v) is 3.65. The lowest BCUT2D eigenvalue weighted by atomic mass is 9.92. The molecule has 0 bridgehead atoms. The largest absolute Gasteiger partial charge is 0.374 e. The van der Waals surface area contributed by atoms with Crippen LogP contribution in [0.4, 0.5) is 0 Å². The van der Waals surface area contributed by atoms with E-state index in [2.05, 4.69) is 29.8 Å². The summed E-state index contributed by atoms with van der Waals surface area (Å²) < 4.78 is 5.86. The Hall–Kier alpha value is 0.440. The van der Waals surface area contributed by atoms with Gasteiger partial charge in [-0.1, -0.05) is 42.6 Å². The standard InChI is InChI=1S/C10H19BrO/c1-3-4-5-10(8-11)6-9(2)7-12-10/h9H,3-8H2,1-2H3. The molecule has 0 N–H and O–H groups in total. The Morgan fingerprint density at radius 3 is 2.75 bits per heavy atom. The average Bonchev–Trinajstić information content (AvgIpc) is 2.45. The van der Waals surface area contributed by atoms with Crippen molar-refractivity contribution >= 4 is 15.9 Å². The van der Waals surface area contributed by atoms with E-state index in [4.69, 9.17) is 4.74 Å². The van der Waals surface area contributed by atoms with Crippen LogP contribution in [-0.4, -0.2) is 17.5 Å². The van der Waals surface area contributed by atoms with Crippen LogP contribution < -0.4 is 0 Å². The topological polar surface area (TPSA) is 9.23 Å². The summed E-state index contributed by atoms with van der Waals surface area (Å²) in [5.41, 5.74) is 0.176. The van der Waals surface area contributed by atoms with Crippen LogP contribution >= 0.6 is 15.9 Å². The van der Waals surface area contributed by atoms with Crippen molar-refractivity contribution in [3.63, 3.8) is 0 Å². The molecule has 12 heavy (non-hydrogen) atoms. The van der Waals surface area contributed by atoms with Crippen molar-refractivity contribution in [2.24, 2.45) is 5.92 Å². The van der Waals surface area contributed by atoms with Crippen molar-refractivity contribution < 1.29 is 4.74 Å². The molecule has 2 atom stereocenters. The molecule has 2 heteroatoms. The van der Waals surface area contributed by atoms with E-state index in [9.17, 15) is 0 Å². The van der Waals surface area contributed by atoms with Gasteiger partial charge in [-0.15, -0.1) is 0 Å². The van der Waals surface area contributed by atoms with Crippen molar-refractivity contribution in [3.8, 4) is 0 Å². The van der Waals surface area contributed by atoms with Crippen LogP contribution in [0.25, 0.3) is 0 Å². The molecule has 0 aliphatic carbocycles. The van der Waals surface area contributed by atoms with Gasteiger partial charge >= 0.3 is 0 Å². The number of unbranched alkanes of at least 4 members (excludes halogenated alkanes) is 1. The molecular weight excluding hydrogens is 216 g/mol. The molecule has 0 aromatic heterocycles. The molecule has 2 unspecified atom stereocenters. The SMILES string of the molecule is CCCCC1(CBr)CC(C)CO1. The molecule has 1 nitrogen and oxygen atoms in total. The van der Waals surface area contributed by atoms with E-state index in [-0.39, 0.29) is 5.60 Å². The summed E-state index contributed by atoms with van der Waals surface area (Å²) in [5.74, 6) is 0.749. The van der Waals surface area contributed by atoms with Crippen LogP contribution in [0.2, 0.25) is 0 Å². The maximum Gasteiger partial charge on any atom is 0.0782 e. The normalized spacial score (nSPS) is 35.8. The van der Waals surface area contributed by atoms with E-state index in [0.717, 1.165) is 17.9 Å². The summed E-state index contributed by atoms with van der Waals surface area (Å²) in [7, 11) is 0. The second kappa shape index (κ2) is 4.61. The molecule has 0 amide bonds. The molecular formula is C10H19BrO. The maximum atomic E-state index is 5.86. The molecule has 0 saturated carbocycles. The van der Waals surface area contributed by atoms with Crippen molar-refractivity contribution in [1.82, 2.24) is 0 Å². The molecule has 1 saturated heterocycles. The Morgan fingerprint density at radius 2 is 2.33 bits per heavy atom. The fourth-order valence-electron chi connectivity index (χ4n) is 1.91. The number of rotatable bonds is 4. The average molecular weight is 235 g/mol. The Morgan fingerprint density at radius 1 is 1.58 bits per heavy atom. The number of hydrogen-bond donors (Lipinski definition) is 0. The highest BCUT2D eigenvalue weighted by Crippen LogP contribution is 2.35. The minimum Gasteiger partial charge on any atom is -0.374 e. The fraction of sp³-hybridized carbons (Fsp3) is 1.00. The minimum atomic E-state index is 0.176. The summed E-state index contributed by atoms with van der Waals surface area (Å²) in [6, 6.07) is 0. The zero-order valence-electron chi connectivity index (χ0n) is 8.11. The number of halogens is 1. The molecule has 0 spiro atoms. The monoisotopic (exact) mass is 234 g/mol. The first kappa shape index (κ1) is 10.5. The molecule has 0 aromatic rings. The first-order valence-electron chi connectivity index (χ1n) is 4.92. The molecule has 72 valence electrons. The van der Waals surface area contributed by atoms with Crippen molar-refractivity contribution in [1.29, 1.82) is 0 Å². The van der Waals surface area contributed by atoms with E-state index in [1.807, 2.05) is 0 Å². The van der Waals surface area contributed by atoms with Crippen molar-refractivity contribution in [3.05, 3.63) is 0 Å². The Labute approximate surface area is 84.0 Å². The van der Waals surface area contributed by atoms with Crippen LogP contribution in [0.1, 0.15) is 39.5 Å². The highest BCUT2D eigenvalue weighted by molar-refractivity contribution is 9.09. The summed E-state index contributed by atoms with van der Waals surface area (Å²) in [4.78, 5) is 0. The van der Waals surface area contributed by atoms with E-state index in [0.29, 0.717) is 0 Å². The van der Waals surface area contributed by atoms with E-state index in [1.165, 1.54) is 25.7 Å². The lowest BCUT2D eigenvalue weighted by Gasteiger charge is -2.25. The van der Waals surface area contributed by atoms with Crippen LogP contribution in [-0.2, 0) is 4.74 Å². The molecule has 0 aromatic carbocycles. The summed E-state index contributed by atoms with van der Waals surface area (Å²) in [5, 5.41) is 1.00. The second-order valence-electron chi connectivity index (χ2n) is 4.04. The maximum absolute atomic E-state index is 5.86. The predicted molar refractivity (Wildman–Crippen MR) is 55.8 cm³/mol. The fourth-order valence-corrected chi connectivity index (χ4v) is 2.58. The van der Waals surface area contributed by atoms with Gasteiger partial charge in [0, 0.05) is 5.33 Å². The van der Waals surface area contributed by atoms with Gasteiger partial charge in [0.05, 0.1) is 12.2 Å². The zero-order chi connectivity index (χ0) is 9.03. The van der Waals surface area contributed by atoms with Gasteiger partial charge in [0.25, 0.3) is 0 Å². The summed E-state index contributed by atoms with van der Waals surface area (Å²) >= 11 is 3.57. The molecule has 1 rings (SSSR count). The minimum absolute atomic E-state index is 0.176. The summed E-state index contributed by atoms with van der Waals surface area (Å²) in [6.45, 7) is 5.46. The number of ether oxygens (including phenoxy) is 1. The predicted octanol–water partition coefficient (Wildman–Crippen LogP) is 3.37. The van der Waals surface area contributed by atoms with Gasteiger partial charge < -0.3 is 4.74 Å². The van der Waals surface area contributed by atoms with E-state index in [1.54, 1.807) is 0 Å².